The van der Waals surface area contributed by atoms with Gasteiger partial charge in [-0.3, -0.25) is 0 Å². The summed E-state index contributed by atoms with van der Waals surface area (Å²) in [6.07, 6.45) is -0.386. The van der Waals surface area contributed by atoms with E-state index in [0.717, 1.165) is 5.56 Å². The summed E-state index contributed by atoms with van der Waals surface area (Å²) in [5.41, 5.74) is 0.821. The van der Waals surface area contributed by atoms with Crippen LogP contribution in [0.2, 0.25) is 0 Å². The summed E-state index contributed by atoms with van der Waals surface area (Å²) in [4.78, 5) is 15.3. The molecule has 0 unspecified atom stereocenters. The third-order valence-corrected chi connectivity index (χ3v) is 2.75. The van der Waals surface area contributed by atoms with Crippen LogP contribution in [0.15, 0.2) is 35.3 Å². The number of aliphatic imine (C=N–C) groups is 1. The number of carboxylic acid groups (broad SMARTS) is 1. The first-order chi connectivity index (χ1) is 8.09. The Balaban J connectivity index is 2.27. The average Bonchev–Trinajstić information content (AvgIpc) is 2.75. The molecule has 4 heteroatoms. The van der Waals surface area contributed by atoms with Gasteiger partial charge < -0.3 is 9.84 Å². The Morgan fingerprint density at radius 3 is 2.47 bits per heavy atom. The number of hydrogen-bond acceptors (Lipinski definition) is 3. The standard InChI is InChI=1S/C13H15NO3/c1-8(2)11-10(13(15)16)14-12(17-11)9-6-4-3-5-7-9/h3-8,10-11H,1-2H3,(H,15,16)/t10-,11+/m1/s1. The third kappa shape index (κ3) is 2.30. The topological polar surface area (TPSA) is 58.9 Å². The number of rotatable bonds is 3. The van der Waals surface area contributed by atoms with Gasteiger partial charge in [-0.05, 0) is 18.1 Å². The number of aliphatic carboxylic acids is 1. The number of ether oxygens (including phenoxy) is 1. The summed E-state index contributed by atoms with van der Waals surface area (Å²) >= 11 is 0. The van der Waals surface area contributed by atoms with Gasteiger partial charge in [0.05, 0.1) is 0 Å². The summed E-state index contributed by atoms with van der Waals surface area (Å²) in [6.45, 7) is 3.87. The molecule has 0 bridgehead atoms. The first-order valence-corrected chi connectivity index (χ1v) is 5.62. The molecular weight excluding hydrogens is 218 g/mol. The highest BCUT2D eigenvalue weighted by Crippen LogP contribution is 2.23. The lowest BCUT2D eigenvalue weighted by Crippen LogP contribution is -2.34. The van der Waals surface area contributed by atoms with E-state index < -0.39 is 12.0 Å². The first kappa shape index (κ1) is 11.6. The lowest BCUT2D eigenvalue weighted by Gasteiger charge is -2.18. The molecule has 1 aliphatic rings. The van der Waals surface area contributed by atoms with Gasteiger partial charge in [-0.15, -0.1) is 0 Å². The fourth-order valence-electron chi connectivity index (χ4n) is 1.84. The van der Waals surface area contributed by atoms with Crippen molar-refractivity contribution in [2.45, 2.75) is 26.0 Å². The Morgan fingerprint density at radius 1 is 1.35 bits per heavy atom. The highest BCUT2D eigenvalue weighted by atomic mass is 16.5. The molecule has 0 fully saturated rings. The number of hydrogen-bond donors (Lipinski definition) is 1. The van der Waals surface area contributed by atoms with Gasteiger partial charge in [0.15, 0.2) is 6.04 Å². The van der Waals surface area contributed by atoms with E-state index in [1.54, 1.807) is 0 Å². The molecule has 0 saturated carbocycles. The molecule has 0 radical (unpaired) electrons. The van der Waals surface area contributed by atoms with Gasteiger partial charge in [0, 0.05) is 5.56 Å². The summed E-state index contributed by atoms with van der Waals surface area (Å²) in [5, 5.41) is 9.11. The van der Waals surface area contributed by atoms with Gasteiger partial charge in [0.2, 0.25) is 5.90 Å². The lowest BCUT2D eigenvalue weighted by molar-refractivity contribution is -0.140. The van der Waals surface area contributed by atoms with Crippen molar-refractivity contribution in [2.24, 2.45) is 10.9 Å². The van der Waals surface area contributed by atoms with E-state index in [0.29, 0.717) is 5.90 Å². The van der Waals surface area contributed by atoms with Crippen molar-refractivity contribution in [1.29, 1.82) is 0 Å². The third-order valence-electron chi connectivity index (χ3n) is 2.75. The first-order valence-electron chi connectivity index (χ1n) is 5.62. The minimum atomic E-state index is -0.936. The van der Waals surface area contributed by atoms with Gasteiger partial charge in [0.1, 0.15) is 6.10 Å². The molecule has 0 aliphatic carbocycles. The van der Waals surface area contributed by atoms with Crippen LogP contribution in [-0.4, -0.2) is 29.1 Å². The molecule has 1 heterocycles. The van der Waals surface area contributed by atoms with E-state index in [1.165, 1.54) is 0 Å². The molecule has 0 aromatic heterocycles. The van der Waals surface area contributed by atoms with Crippen molar-refractivity contribution >= 4 is 11.9 Å². The Labute approximate surface area is 99.9 Å². The maximum Gasteiger partial charge on any atom is 0.332 e. The lowest BCUT2D eigenvalue weighted by atomic mass is 10.0. The van der Waals surface area contributed by atoms with Gasteiger partial charge in [-0.25, -0.2) is 9.79 Å². The number of nitrogens with zero attached hydrogens (tertiary/aromatic N) is 1. The van der Waals surface area contributed by atoms with E-state index >= 15 is 0 Å². The summed E-state index contributed by atoms with van der Waals surface area (Å²) in [5.74, 6) is -0.396. The molecular formula is C13H15NO3. The number of benzene rings is 1. The summed E-state index contributed by atoms with van der Waals surface area (Å²) in [6, 6.07) is 8.57. The molecule has 0 saturated heterocycles. The van der Waals surface area contributed by atoms with Crippen LogP contribution in [0.5, 0.6) is 0 Å². The van der Waals surface area contributed by atoms with Crippen molar-refractivity contribution in [3.05, 3.63) is 35.9 Å². The molecule has 1 aromatic carbocycles. The van der Waals surface area contributed by atoms with Gasteiger partial charge in [-0.2, -0.15) is 0 Å². The van der Waals surface area contributed by atoms with Crippen LogP contribution in [-0.2, 0) is 9.53 Å². The molecule has 2 rings (SSSR count). The molecule has 1 N–H and O–H groups in total. The van der Waals surface area contributed by atoms with E-state index in [1.807, 2.05) is 44.2 Å². The van der Waals surface area contributed by atoms with Crippen LogP contribution in [0.3, 0.4) is 0 Å². The van der Waals surface area contributed by atoms with Crippen molar-refractivity contribution < 1.29 is 14.6 Å². The Morgan fingerprint density at radius 2 is 2.00 bits per heavy atom. The predicted molar refractivity (Wildman–Crippen MR) is 64.1 cm³/mol. The molecule has 17 heavy (non-hydrogen) atoms. The minimum Gasteiger partial charge on any atom is -0.480 e. The van der Waals surface area contributed by atoms with Crippen molar-refractivity contribution in [2.75, 3.05) is 0 Å². The Bertz CT molecular complexity index is 439. The molecule has 0 amide bonds. The van der Waals surface area contributed by atoms with Crippen LogP contribution in [0, 0.1) is 5.92 Å². The maximum atomic E-state index is 11.1. The second kappa shape index (κ2) is 4.57. The van der Waals surface area contributed by atoms with Crippen LogP contribution >= 0.6 is 0 Å². The highest BCUT2D eigenvalue weighted by molar-refractivity contribution is 5.97. The second-order valence-corrected chi connectivity index (χ2v) is 4.41. The van der Waals surface area contributed by atoms with Gasteiger partial charge in [-0.1, -0.05) is 32.0 Å². The second-order valence-electron chi connectivity index (χ2n) is 4.41. The number of carboxylic acids is 1. The van der Waals surface area contributed by atoms with Crippen LogP contribution in [0.4, 0.5) is 0 Å². The quantitative estimate of drug-likeness (QED) is 0.868. The van der Waals surface area contributed by atoms with Crippen LogP contribution < -0.4 is 0 Å². The van der Waals surface area contributed by atoms with E-state index in [9.17, 15) is 4.79 Å². The van der Waals surface area contributed by atoms with Gasteiger partial charge >= 0.3 is 5.97 Å². The van der Waals surface area contributed by atoms with E-state index in [-0.39, 0.29) is 12.0 Å². The van der Waals surface area contributed by atoms with Crippen molar-refractivity contribution in [1.82, 2.24) is 0 Å². The smallest absolute Gasteiger partial charge is 0.332 e. The molecule has 1 aromatic rings. The summed E-state index contributed by atoms with van der Waals surface area (Å²) < 4.78 is 5.65. The molecule has 1 aliphatic heterocycles. The Hall–Kier alpha value is -1.84. The monoisotopic (exact) mass is 233 g/mol. The van der Waals surface area contributed by atoms with E-state index in [2.05, 4.69) is 4.99 Å². The zero-order chi connectivity index (χ0) is 12.4. The molecule has 90 valence electrons. The van der Waals surface area contributed by atoms with Gasteiger partial charge in [0.25, 0.3) is 0 Å². The van der Waals surface area contributed by atoms with Crippen molar-refractivity contribution in [3.63, 3.8) is 0 Å². The number of carbonyl (C=O) groups is 1. The normalized spacial score (nSPS) is 23.4. The molecule has 4 nitrogen and oxygen atoms in total. The predicted octanol–water partition coefficient (Wildman–Crippen LogP) is 1.94. The zero-order valence-corrected chi connectivity index (χ0v) is 9.83. The van der Waals surface area contributed by atoms with Crippen molar-refractivity contribution in [3.8, 4) is 0 Å². The van der Waals surface area contributed by atoms with Crippen LogP contribution in [0.1, 0.15) is 19.4 Å². The highest BCUT2D eigenvalue weighted by Gasteiger charge is 2.38. The Kier molecular flexibility index (Phi) is 3.13. The largest absolute Gasteiger partial charge is 0.480 e. The molecule has 0 spiro atoms. The van der Waals surface area contributed by atoms with Crippen LogP contribution in [0.25, 0.3) is 0 Å². The minimum absolute atomic E-state index is 0.112. The van der Waals surface area contributed by atoms with E-state index in [4.69, 9.17) is 9.84 Å². The maximum absolute atomic E-state index is 11.1. The fourth-order valence-corrected chi connectivity index (χ4v) is 1.84. The SMILES string of the molecule is CC(C)[C@@H]1OC(c2ccccc2)=N[C@H]1C(=O)O. The average molecular weight is 233 g/mol. The summed E-state index contributed by atoms with van der Waals surface area (Å²) in [7, 11) is 0. The molecule has 2 atom stereocenters. The fraction of sp³-hybridized carbons (Fsp3) is 0.385. The zero-order valence-electron chi connectivity index (χ0n) is 9.83.